The van der Waals surface area contributed by atoms with Gasteiger partial charge in [-0.25, -0.2) is 5.21 Å². The highest BCUT2D eigenvalue weighted by Crippen LogP contribution is 2.69. The normalized spacial score (nSPS) is 35.8. The Morgan fingerprint density at radius 3 is 2.86 bits per heavy atom. The van der Waals surface area contributed by atoms with E-state index < -0.39 is 0 Å². The summed E-state index contributed by atoms with van der Waals surface area (Å²) in [5.74, 6) is 1.77. The van der Waals surface area contributed by atoms with Gasteiger partial charge in [0.2, 0.25) is 5.91 Å². The highest BCUT2D eigenvalue weighted by Gasteiger charge is 2.75. The predicted octanol–water partition coefficient (Wildman–Crippen LogP) is 4.51. The quantitative estimate of drug-likeness (QED) is 0.507. The van der Waals surface area contributed by atoms with Crippen LogP contribution in [0.2, 0.25) is 0 Å². The maximum atomic E-state index is 13.4. The van der Waals surface area contributed by atoms with E-state index in [9.17, 15) is 10.0 Å². The van der Waals surface area contributed by atoms with E-state index in [4.69, 9.17) is 9.47 Å². The number of aryl methyl sites for hydroxylation is 1. The number of piperidine rings is 1. The zero-order chi connectivity index (χ0) is 25.5. The Bertz CT molecular complexity index is 1270. The number of ether oxygens (including phenoxy) is 2. The molecule has 0 aromatic heterocycles. The van der Waals surface area contributed by atoms with Crippen LogP contribution < -0.4 is 9.47 Å². The number of hydrogen-bond acceptors (Lipinski definition) is 4. The molecule has 6 nitrogen and oxygen atoms in total. The van der Waals surface area contributed by atoms with Crippen LogP contribution in [-0.4, -0.2) is 66.6 Å². The molecular weight excluding hydrogens is 452 g/mol. The first-order valence-electron chi connectivity index (χ1n) is 13.1. The van der Waals surface area contributed by atoms with Gasteiger partial charge in [-0.3, -0.25) is 4.79 Å². The minimum Gasteiger partial charge on any atom is -0.497 e. The molecule has 190 valence electrons. The molecule has 2 heterocycles. The molecule has 2 aliphatic carbocycles. The average Bonchev–Trinajstić information content (AvgIpc) is 3.22. The van der Waals surface area contributed by atoms with Gasteiger partial charge in [-0.1, -0.05) is 31.2 Å². The Morgan fingerprint density at radius 1 is 1.28 bits per heavy atom. The second-order valence-electron chi connectivity index (χ2n) is 11.7. The molecule has 6 heteroatoms. The van der Waals surface area contributed by atoms with Gasteiger partial charge in [0.05, 0.1) is 25.6 Å². The second kappa shape index (κ2) is 7.83. The van der Waals surface area contributed by atoms with Gasteiger partial charge in [-0.2, -0.15) is 4.65 Å². The van der Waals surface area contributed by atoms with Crippen molar-refractivity contribution in [3.8, 4) is 11.5 Å². The second-order valence-corrected chi connectivity index (χ2v) is 11.7. The first kappa shape index (κ1) is 23.6. The molecule has 2 aromatic rings. The lowest BCUT2D eigenvalue weighted by atomic mass is 9.43. The summed E-state index contributed by atoms with van der Waals surface area (Å²) in [6.07, 6.45) is 6.94. The van der Waals surface area contributed by atoms with E-state index in [1.807, 2.05) is 49.3 Å². The van der Waals surface area contributed by atoms with Crippen molar-refractivity contribution < 1.29 is 24.1 Å². The monoisotopic (exact) mass is 489 g/mol. The highest BCUT2D eigenvalue weighted by atomic mass is 16.5. The van der Waals surface area contributed by atoms with E-state index in [1.165, 1.54) is 11.1 Å². The highest BCUT2D eigenvalue weighted by molar-refractivity contribution is 5.92. The Kier molecular flexibility index (Phi) is 5.13. The van der Waals surface area contributed by atoms with Crippen molar-refractivity contribution in [3.63, 3.8) is 0 Å². The number of carbonyl (C=O) groups is 1. The van der Waals surface area contributed by atoms with Crippen molar-refractivity contribution in [2.75, 3.05) is 27.7 Å². The summed E-state index contributed by atoms with van der Waals surface area (Å²) in [6, 6.07) is 12.2. The number of carbonyl (C=O) groups excluding carboxylic acids is 1. The van der Waals surface area contributed by atoms with Crippen molar-refractivity contribution in [2.24, 2.45) is 5.41 Å². The molecule has 2 aromatic carbocycles. The minimum absolute atomic E-state index is 0.0229. The molecule has 1 spiro atoms. The third-order valence-electron chi connectivity index (χ3n) is 10.1. The summed E-state index contributed by atoms with van der Waals surface area (Å²) in [7, 11) is 5.53. The summed E-state index contributed by atoms with van der Waals surface area (Å²) in [5.41, 5.74) is 4.48. The fraction of sp³-hybridized carbons (Fsp3) is 0.500. The van der Waals surface area contributed by atoms with Crippen LogP contribution in [0.4, 0.5) is 0 Å². The Labute approximate surface area is 213 Å². The summed E-state index contributed by atoms with van der Waals surface area (Å²) < 4.78 is 12.3. The molecular formula is C30H37N2O4+. The number of nitrogens with zero attached hydrogens (tertiary/aromatic N) is 2. The largest absolute Gasteiger partial charge is 0.497 e. The van der Waals surface area contributed by atoms with Crippen LogP contribution in [0, 0.1) is 12.3 Å². The van der Waals surface area contributed by atoms with Crippen LogP contribution in [0.25, 0.3) is 6.08 Å². The number of rotatable bonds is 4. The predicted molar refractivity (Wildman–Crippen MR) is 138 cm³/mol. The van der Waals surface area contributed by atoms with Gasteiger partial charge >= 0.3 is 0 Å². The molecule has 1 saturated carbocycles. The molecule has 1 amide bonds. The van der Waals surface area contributed by atoms with E-state index in [-0.39, 0.29) is 39.6 Å². The van der Waals surface area contributed by atoms with E-state index in [2.05, 4.69) is 26.0 Å². The van der Waals surface area contributed by atoms with E-state index in [0.29, 0.717) is 6.54 Å². The SMILES string of the molecule is COc1cccc(/C=C/C(=O)N(C)C2CC[C@@]3(C)[C@@H]4Cc5ccc(C)c6c5[C@@]3(CC[N+]4(C)O)C2O6)c1. The van der Waals surface area contributed by atoms with Crippen LogP contribution in [0.3, 0.4) is 0 Å². The fourth-order valence-electron chi connectivity index (χ4n) is 8.16. The first-order chi connectivity index (χ1) is 17.1. The summed E-state index contributed by atoms with van der Waals surface area (Å²) >= 11 is 0. The third-order valence-corrected chi connectivity index (χ3v) is 10.1. The van der Waals surface area contributed by atoms with Crippen molar-refractivity contribution in [1.29, 1.82) is 0 Å². The van der Waals surface area contributed by atoms with Crippen molar-refractivity contribution in [2.45, 2.75) is 63.1 Å². The summed E-state index contributed by atoms with van der Waals surface area (Å²) in [6.45, 7) is 5.21. The molecule has 6 rings (SSSR count). The smallest absolute Gasteiger partial charge is 0.246 e. The van der Waals surface area contributed by atoms with Gasteiger partial charge in [-0.05, 0) is 54.7 Å². The maximum absolute atomic E-state index is 13.4. The molecule has 1 N–H and O–H groups in total. The fourth-order valence-corrected chi connectivity index (χ4v) is 8.16. The van der Waals surface area contributed by atoms with Crippen LogP contribution in [0.5, 0.6) is 11.5 Å². The Hall–Kier alpha value is -2.83. The topological polar surface area (TPSA) is 59.0 Å². The molecule has 2 fully saturated rings. The van der Waals surface area contributed by atoms with Gasteiger partial charge in [0.1, 0.15) is 30.2 Å². The number of hydrogen-bond donors (Lipinski definition) is 1. The number of likely N-dealkylation sites (tertiary alicyclic amines) is 1. The van der Waals surface area contributed by atoms with Gasteiger partial charge in [0.15, 0.2) is 0 Å². The van der Waals surface area contributed by atoms with Crippen LogP contribution in [-0.2, 0) is 16.6 Å². The van der Waals surface area contributed by atoms with Gasteiger partial charge in [0.25, 0.3) is 0 Å². The van der Waals surface area contributed by atoms with Gasteiger partial charge in [-0.15, -0.1) is 0 Å². The minimum atomic E-state index is -0.193. The molecule has 36 heavy (non-hydrogen) atoms. The van der Waals surface area contributed by atoms with Crippen molar-refractivity contribution >= 4 is 12.0 Å². The average molecular weight is 490 g/mol. The Balaban J connectivity index is 1.37. The molecule has 2 bridgehead atoms. The molecule has 6 atom stereocenters. The van der Waals surface area contributed by atoms with Gasteiger partial charge in [0, 0.05) is 36.9 Å². The van der Waals surface area contributed by atoms with Crippen LogP contribution >= 0.6 is 0 Å². The first-order valence-corrected chi connectivity index (χ1v) is 13.1. The zero-order valence-electron chi connectivity index (χ0n) is 22.0. The van der Waals surface area contributed by atoms with Crippen molar-refractivity contribution in [3.05, 3.63) is 64.7 Å². The summed E-state index contributed by atoms with van der Waals surface area (Å²) in [5, 5.41) is 11.5. The number of hydroxylamine groups is 3. The standard InChI is InChI=1S/C30H37N2O4/c1-19-9-11-21-18-24-29(2)14-13-23(28-30(29,15-16-32(24,4)34)26(21)27(19)36-28)31(3)25(33)12-10-20-7-6-8-22(17-20)35-5/h6-12,17,23-24,28,34H,13-16,18H2,1-5H3/q+1/b12-10+/t23?,24-,28?,29-,30-,32?/m0/s1. The van der Waals surface area contributed by atoms with E-state index in [1.54, 1.807) is 13.2 Å². The maximum Gasteiger partial charge on any atom is 0.246 e. The van der Waals surface area contributed by atoms with Gasteiger partial charge < -0.3 is 14.4 Å². The third kappa shape index (κ3) is 3.00. The number of amides is 1. The Morgan fingerprint density at radius 2 is 2.08 bits per heavy atom. The van der Waals surface area contributed by atoms with E-state index >= 15 is 0 Å². The number of benzene rings is 2. The molecule has 1 saturated heterocycles. The van der Waals surface area contributed by atoms with Crippen LogP contribution in [0.1, 0.15) is 48.4 Å². The summed E-state index contributed by atoms with van der Waals surface area (Å²) in [4.78, 5) is 15.3. The lowest BCUT2D eigenvalue weighted by Gasteiger charge is -2.65. The molecule has 4 aliphatic rings. The zero-order valence-corrected chi connectivity index (χ0v) is 22.0. The number of methoxy groups -OCH3 is 1. The molecule has 3 unspecified atom stereocenters. The number of quaternary nitrogens is 1. The van der Waals surface area contributed by atoms with Crippen LogP contribution in [0.15, 0.2) is 42.5 Å². The lowest BCUT2D eigenvalue weighted by Crippen LogP contribution is -2.76. The lowest BCUT2D eigenvalue weighted by molar-refractivity contribution is -1.12. The molecule has 0 radical (unpaired) electrons. The van der Waals surface area contributed by atoms with E-state index in [0.717, 1.165) is 48.3 Å². The van der Waals surface area contributed by atoms with Crippen molar-refractivity contribution in [1.82, 2.24) is 4.90 Å². The number of likely N-dealkylation sites (N-methyl/N-ethyl adjacent to an activating group) is 2. The molecule has 2 aliphatic heterocycles.